The highest BCUT2D eigenvalue weighted by Gasteiger charge is 2.22. The molecule has 0 aliphatic heterocycles. The molecule has 1 heterocycles. The quantitative estimate of drug-likeness (QED) is 0.468. The largest absolute Gasteiger partial charge is 0.493 e. The van der Waals surface area contributed by atoms with Gasteiger partial charge in [0.05, 0.1) is 17.9 Å². The lowest BCUT2D eigenvalue weighted by Crippen LogP contribution is -2.23. The number of hydrogen-bond acceptors (Lipinski definition) is 7. The molecule has 0 aliphatic rings. The molecule has 9 nitrogen and oxygen atoms in total. The Morgan fingerprint density at radius 1 is 1.09 bits per heavy atom. The molecule has 2 N–H and O–H groups in total. The number of aromatic nitrogens is 3. The van der Waals surface area contributed by atoms with Gasteiger partial charge in [0.1, 0.15) is 0 Å². The predicted molar refractivity (Wildman–Crippen MR) is 120 cm³/mol. The summed E-state index contributed by atoms with van der Waals surface area (Å²) in [5.41, 5.74) is 0.518. The summed E-state index contributed by atoms with van der Waals surface area (Å²) in [6.45, 7) is 3.60. The van der Waals surface area contributed by atoms with Gasteiger partial charge in [0.25, 0.3) is 0 Å². The van der Waals surface area contributed by atoms with Crippen molar-refractivity contribution in [3.8, 4) is 11.5 Å². The number of aromatic carboxylic acids is 1. The van der Waals surface area contributed by atoms with Crippen LogP contribution in [0.25, 0.3) is 0 Å². The van der Waals surface area contributed by atoms with E-state index in [0.29, 0.717) is 28.2 Å². The van der Waals surface area contributed by atoms with Gasteiger partial charge in [-0.15, -0.1) is 10.2 Å². The second kappa shape index (κ2) is 10.2. The van der Waals surface area contributed by atoms with E-state index in [9.17, 15) is 9.59 Å². The minimum absolute atomic E-state index is 0.102. The van der Waals surface area contributed by atoms with Gasteiger partial charge in [0.15, 0.2) is 28.6 Å². The molecular weight excluding hydrogens is 432 g/mol. The molecule has 0 saturated heterocycles. The Kier molecular flexibility index (Phi) is 7.37. The lowest BCUT2D eigenvalue weighted by Gasteiger charge is -2.16. The number of carboxylic acid groups (broad SMARTS) is 1. The summed E-state index contributed by atoms with van der Waals surface area (Å²) >= 11 is 1.24. The average Bonchev–Trinajstić information content (AvgIpc) is 3.14. The van der Waals surface area contributed by atoms with Crippen LogP contribution in [-0.4, -0.2) is 44.1 Å². The highest BCUT2D eigenvalue weighted by atomic mass is 32.2. The maximum absolute atomic E-state index is 12.6. The van der Waals surface area contributed by atoms with E-state index in [4.69, 9.17) is 14.6 Å². The standard InChI is InChI=1S/C22H24N4O5S/c1-13(31-18-11-6-5-10-17(18)30-4)19-24-25-22(26(19)3)32-14(2)20(27)23-16-9-7-8-15(12-16)21(28)29/h5-14H,1-4H3,(H,23,27)(H,28,29). The minimum atomic E-state index is -1.06. The van der Waals surface area contributed by atoms with Gasteiger partial charge in [-0.05, 0) is 44.2 Å². The zero-order valence-electron chi connectivity index (χ0n) is 18.1. The molecule has 0 aliphatic carbocycles. The predicted octanol–water partition coefficient (Wildman–Crippen LogP) is 3.78. The average molecular weight is 457 g/mol. The van der Waals surface area contributed by atoms with Crippen molar-refractivity contribution in [2.24, 2.45) is 7.05 Å². The van der Waals surface area contributed by atoms with Crippen LogP contribution in [0.4, 0.5) is 5.69 Å². The Hall–Kier alpha value is -3.53. The summed E-state index contributed by atoms with van der Waals surface area (Å²) in [5.74, 6) is 0.476. The number of carbonyl (C=O) groups is 2. The second-order valence-electron chi connectivity index (χ2n) is 6.95. The SMILES string of the molecule is COc1ccccc1OC(C)c1nnc(SC(C)C(=O)Nc2cccc(C(=O)O)c2)n1C. The number of anilines is 1. The molecule has 2 unspecified atom stereocenters. The van der Waals surface area contributed by atoms with Crippen molar-refractivity contribution in [3.05, 3.63) is 59.9 Å². The number of hydrogen-bond donors (Lipinski definition) is 2. The summed E-state index contributed by atoms with van der Waals surface area (Å²) in [4.78, 5) is 23.7. The van der Waals surface area contributed by atoms with E-state index in [2.05, 4.69) is 15.5 Å². The van der Waals surface area contributed by atoms with Gasteiger partial charge >= 0.3 is 5.97 Å². The van der Waals surface area contributed by atoms with Crippen LogP contribution in [0, 0.1) is 0 Å². The smallest absolute Gasteiger partial charge is 0.335 e. The summed E-state index contributed by atoms with van der Waals surface area (Å²) < 4.78 is 13.1. The van der Waals surface area contributed by atoms with E-state index in [-0.39, 0.29) is 11.5 Å². The third kappa shape index (κ3) is 5.38. The van der Waals surface area contributed by atoms with E-state index >= 15 is 0 Å². The molecule has 0 spiro atoms. The Balaban J connectivity index is 1.66. The van der Waals surface area contributed by atoms with Crippen LogP contribution < -0.4 is 14.8 Å². The van der Waals surface area contributed by atoms with Gasteiger partial charge in [-0.3, -0.25) is 4.79 Å². The molecule has 32 heavy (non-hydrogen) atoms. The topological polar surface area (TPSA) is 116 Å². The number of ether oxygens (including phenoxy) is 2. The van der Waals surface area contributed by atoms with Crippen LogP contribution in [0.3, 0.4) is 0 Å². The molecule has 0 radical (unpaired) electrons. The third-order valence-electron chi connectivity index (χ3n) is 4.63. The molecule has 2 atom stereocenters. The molecule has 1 aromatic heterocycles. The maximum Gasteiger partial charge on any atom is 0.335 e. The number of thioether (sulfide) groups is 1. The van der Waals surface area contributed by atoms with Gasteiger partial charge in [0.2, 0.25) is 5.91 Å². The number of amides is 1. The van der Waals surface area contributed by atoms with Gasteiger partial charge in [0, 0.05) is 12.7 Å². The van der Waals surface area contributed by atoms with E-state index in [1.807, 2.05) is 31.2 Å². The number of nitrogens with one attached hydrogen (secondary N) is 1. The van der Waals surface area contributed by atoms with Gasteiger partial charge in [-0.25, -0.2) is 4.79 Å². The van der Waals surface area contributed by atoms with Crippen molar-refractivity contribution in [1.29, 1.82) is 0 Å². The highest BCUT2D eigenvalue weighted by Crippen LogP contribution is 2.31. The van der Waals surface area contributed by atoms with Crippen LogP contribution in [0.1, 0.15) is 36.1 Å². The van der Waals surface area contributed by atoms with Crippen molar-refractivity contribution in [2.75, 3.05) is 12.4 Å². The van der Waals surface area contributed by atoms with Crippen LogP contribution in [0.15, 0.2) is 53.7 Å². The van der Waals surface area contributed by atoms with E-state index < -0.39 is 17.3 Å². The van der Waals surface area contributed by atoms with Crippen LogP contribution >= 0.6 is 11.8 Å². The number of carbonyl (C=O) groups excluding carboxylic acids is 1. The molecule has 10 heteroatoms. The molecule has 2 aromatic carbocycles. The van der Waals surface area contributed by atoms with E-state index in [1.54, 1.807) is 37.8 Å². The Morgan fingerprint density at radius 2 is 1.81 bits per heavy atom. The first-order valence-electron chi connectivity index (χ1n) is 9.80. The van der Waals surface area contributed by atoms with Crippen LogP contribution in [0.5, 0.6) is 11.5 Å². The lowest BCUT2D eigenvalue weighted by molar-refractivity contribution is -0.115. The normalized spacial score (nSPS) is 12.6. The number of carboxylic acids is 1. The van der Waals surface area contributed by atoms with Gasteiger partial charge in [-0.2, -0.15) is 0 Å². The first-order chi connectivity index (χ1) is 15.3. The summed E-state index contributed by atoms with van der Waals surface area (Å²) in [5, 5.41) is 20.3. The fraction of sp³-hybridized carbons (Fsp3) is 0.273. The van der Waals surface area contributed by atoms with Crippen molar-refractivity contribution >= 4 is 29.3 Å². The van der Waals surface area contributed by atoms with Gasteiger partial charge in [-0.1, -0.05) is 30.0 Å². The molecule has 0 saturated carbocycles. The van der Waals surface area contributed by atoms with Crippen molar-refractivity contribution in [1.82, 2.24) is 14.8 Å². The van der Waals surface area contributed by atoms with Crippen molar-refractivity contribution < 1.29 is 24.2 Å². The number of rotatable bonds is 9. The number of nitrogens with zero attached hydrogens (tertiary/aromatic N) is 3. The zero-order chi connectivity index (χ0) is 23.3. The summed E-state index contributed by atoms with van der Waals surface area (Å²) in [7, 11) is 3.38. The number of methoxy groups -OCH3 is 1. The Morgan fingerprint density at radius 3 is 2.50 bits per heavy atom. The molecule has 0 fully saturated rings. The molecule has 3 aromatic rings. The van der Waals surface area contributed by atoms with Crippen molar-refractivity contribution in [2.45, 2.75) is 30.4 Å². The van der Waals surface area contributed by atoms with Crippen molar-refractivity contribution in [3.63, 3.8) is 0 Å². The molecular formula is C22H24N4O5S. The highest BCUT2D eigenvalue weighted by molar-refractivity contribution is 8.00. The van der Waals surface area contributed by atoms with Crippen LogP contribution in [-0.2, 0) is 11.8 Å². The molecule has 0 bridgehead atoms. The minimum Gasteiger partial charge on any atom is -0.493 e. The molecule has 3 rings (SSSR count). The van der Waals surface area contributed by atoms with E-state index in [0.717, 1.165) is 0 Å². The van der Waals surface area contributed by atoms with E-state index in [1.165, 1.54) is 23.9 Å². The molecule has 1 amide bonds. The third-order valence-corrected chi connectivity index (χ3v) is 5.77. The first-order valence-corrected chi connectivity index (χ1v) is 10.7. The monoisotopic (exact) mass is 456 g/mol. The van der Waals surface area contributed by atoms with Gasteiger partial charge < -0.3 is 24.5 Å². The first kappa shape index (κ1) is 23.1. The summed E-state index contributed by atoms with van der Waals surface area (Å²) in [6, 6.07) is 13.4. The number of para-hydroxylation sites is 2. The fourth-order valence-corrected chi connectivity index (χ4v) is 3.75. The summed E-state index contributed by atoms with van der Waals surface area (Å²) in [6.07, 6.45) is -0.402. The van der Waals surface area contributed by atoms with Crippen LogP contribution in [0.2, 0.25) is 0 Å². The zero-order valence-corrected chi connectivity index (χ0v) is 18.9. The Bertz CT molecular complexity index is 1120. The molecule has 168 valence electrons. The fourth-order valence-electron chi connectivity index (χ4n) is 2.93. The number of benzene rings is 2. The maximum atomic E-state index is 12.6. The second-order valence-corrected chi connectivity index (χ2v) is 8.25. The lowest BCUT2D eigenvalue weighted by atomic mass is 10.2. The Labute approximate surface area is 189 Å².